The number of benzene rings is 2. The van der Waals surface area contributed by atoms with Gasteiger partial charge in [-0.1, -0.05) is 38.0 Å². The highest BCUT2D eigenvalue weighted by molar-refractivity contribution is 5.79. The summed E-state index contributed by atoms with van der Waals surface area (Å²) in [6.45, 7) is 8.54. The van der Waals surface area contributed by atoms with Gasteiger partial charge in [-0.25, -0.2) is 4.98 Å². The van der Waals surface area contributed by atoms with Crippen molar-refractivity contribution < 1.29 is 9.53 Å². The predicted octanol–water partition coefficient (Wildman–Crippen LogP) is 5.19. The maximum absolute atomic E-state index is 13.7. The Morgan fingerprint density at radius 3 is 2.59 bits per heavy atom. The average molecular weight is 436 g/mol. The first kappa shape index (κ1) is 23.5. The number of aromatic nitrogens is 2. The van der Waals surface area contributed by atoms with E-state index in [0.29, 0.717) is 41.1 Å². The number of carbonyl (C=O) groups excluding carboxylic acids is 1. The summed E-state index contributed by atoms with van der Waals surface area (Å²) in [7, 11) is 1.59. The Labute approximate surface area is 189 Å². The lowest BCUT2D eigenvalue weighted by atomic mass is 10.1. The van der Waals surface area contributed by atoms with Crippen molar-refractivity contribution >= 4 is 16.8 Å². The number of carbonyl (C=O) groups is 1. The van der Waals surface area contributed by atoms with E-state index in [0.717, 1.165) is 24.8 Å². The summed E-state index contributed by atoms with van der Waals surface area (Å²) >= 11 is 0. The molecule has 0 bridgehead atoms. The molecule has 3 rings (SSSR count). The summed E-state index contributed by atoms with van der Waals surface area (Å²) in [4.78, 5) is 33.4. The zero-order valence-corrected chi connectivity index (χ0v) is 19.7. The van der Waals surface area contributed by atoms with Crippen molar-refractivity contribution in [2.24, 2.45) is 0 Å². The maximum Gasteiger partial charge on any atom is 0.266 e. The lowest BCUT2D eigenvalue weighted by Gasteiger charge is -2.30. The van der Waals surface area contributed by atoms with Crippen LogP contribution in [0.5, 0.6) is 5.75 Å². The van der Waals surface area contributed by atoms with Crippen LogP contribution >= 0.6 is 0 Å². The fraction of sp³-hybridized carbons (Fsp3) is 0.423. The SMILES string of the molecule is CCCCCC(=O)N(CC)C(C)c1nc2ccccc2c(=O)n1-c1cc(C)ccc1OC. The van der Waals surface area contributed by atoms with Crippen LogP contribution in [0, 0.1) is 6.92 Å². The number of unbranched alkanes of at least 4 members (excludes halogenated alkanes) is 2. The van der Waals surface area contributed by atoms with Gasteiger partial charge in [0, 0.05) is 13.0 Å². The average Bonchev–Trinajstić information content (AvgIpc) is 2.79. The van der Waals surface area contributed by atoms with Crippen molar-refractivity contribution in [2.75, 3.05) is 13.7 Å². The van der Waals surface area contributed by atoms with Crippen LogP contribution in [0.4, 0.5) is 0 Å². The molecule has 1 atom stereocenters. The molecule has 2 aromatic carbocycles. The van der Waals surface area contributed by atoms with E-state index in [1.165, 1.54) is 0 Å². The first-order valence-electron chi connectivity index (χ1n) is 11.4. The Balaban J connectivity index is 2.22. The summed E-state index contributed by atoms with van der Waals surface area (Å²) in [6, 6.07) is 12.7. The molecule has 0 N–H and O–H groups in total. The van der Waals surface area contributed by atoms with Crippen LogP contribution in [0.3, 0.4) is 0 Å². The van der Waals surface area contributed by atoms with Crippen LogP contribution < -0.4 is 10.3 Å². The second-order valence-electron chi connectivity index (χ2n) is 8.12. The van der Waals surface area contributed by atoms with Crippen molar-refractivity contribution in [1.29, 1.82) is 0 Å². The lowest BCUT2D eigenvalue weighted by molar-refractivity contribution is -0.133. The third kappa shape index (κ3) is 4.69. The summed E-state index contributed by atoms with van der Waals surface area (Å²) in [5.41, 5.74) is 2.09. The third-order valence-electron chi connectivity index (χ3n) is 5.87. The third-order valence-corrected chi connectivity index (χ3v) is 5.87. The van der Waals surface area contributed by atoms with Crippen LogP contribution in [0.15, 0.2) is 47.3 Å². The van der Waals surface area contributed by atoms with Crippen molar-refractivity contribution in [2.45, 2.75) is 59.4 Å². The fourth-order valence-corrected chi connectivity index (χ4v) is 4.11. The molecular formula is C26H33N3O3. The highest BCUT2D eigenvalue weighted by atomic mass is 16.5. The van der Waals surface area contributed by atoms with Crippen molar-refractivity contribution in [3.8, 4) is 11.4 Å². The number of ether oxygens (including phenoxy) is 1. The smallest absolute Gasteiger partial charge is 0.266 e. The van der Waals surface area contributed by atoms with Crippen LogP contribution in [0.25, 0.3) is 16.6 Å². The molecule has 0 aliphatic heterocycles. The molecule has 0 aliphatic rings. The largest absolute Gasteiger partial charge is 0.495 e. The second kappa shape index (κ2) is 10.4. The predicted molar refractivity (Wildman–Crippen MR) is 129 cm³/mol. The summed E-state index contributed by atoms with van der Waals surface area (Å²) in [5, 5.41) is 0.532. The Hall–Kier alpha value is -3.15. The molecule has 32 heavy (non-hydrogen) atoms. The van der Waals surface area contributed by atoms with E-state index in [4.69, 9.17) is 9.72 Å². The molecule has 6 nitrogen and oxygen atoms in total. The van der Waals surface area contributed by atoms with E-state index in [1.807, 2.05) is 62.1 Å². The first-order chi connectivity index (χ1) is 15.4. The molecule has 0 fully saturated rings. The van der Waals surface area contributed by atoms with Crippen molar-refractivity contribution in [3.63, 3.8) is 0 Å². The van der Waals surface area contributed by atoms with E-state index >= 15 is 0 Å². The van der Waals surface area contributed by atoms with Crippen molar-refractivity contribution in [3.05, 3.63) is 64.2 Å². The molecule has 0 saturated heterocycles. The number of nitrogens with zero attached hydrogens (tertiary/aromatic N) is 3. The minimum atomic E-state index is -0.378. The molecule has 1 heterocycles. The topological polar surface area (TPSA) is 64.4 Å². The number of hydrogen-bond donors (Lipinski definition) is 0. The van der Waals surface area contributed by atoms with Gasteiger partial charge in [0.2, 0.25) is 5.91 Å². The zero-order chi connectivity index (χ0) is 23.3. The number of aryl methyl sites for hydroxylation is 1. The number of rotatable bonds is 9. The normalized spacial score (nSPS) is 12.0. The molecular weight excluding hydrogens is 402 g/mol. The van der Waals surface area contributed by atoms with E-state index in [9.17, 15) is 9.59 Å². The van der Waals surface area contributed by atoms with Gasteiger partial charge in [-0.2, -0.15) is 0 Å². The second-order valence-corrected chi connectivity index (χ2v) is 8.12. The van der Waals surface area contributed by atoms with Crippen LogP contribution in [0.2, 0.25) is 0 Å². The minimum Gasteiger partial charge on any atom is -0.495 e. The molecule has 1 aromatic heterocycles. The molecule has 1 unspecified atom stereocenters. The van der Waals surface area contributed by atoms with Gasteiger partial charge in [0.25, 0.3) is 5.56 Å². The van der Waals surface area contributed by atoms with Crippen LogP contribution in [-0.2, 0) is 4.79 Å². The van der Waals surface area contributed by atoms with Gasteiger partial charge in [0.05, 0.1) is 29.7 Å². The minimum absolute atomic E-state index is 0.0821. The van der Waals surface area contributed by atoms with Gasteiger partial charge >= 0.3 is 0 Å². The summed E-state index contributed by atoms with van der Waals surface area (Å²) in [6.07, 6.45) is 3.45. The molecule has 0 spiro atoms. The highest BCUT2D eigenvalue weighted by Gasteiger charge is 2.26. The molecule has 1 amide bonds. The van der Waals surface area contributed by atoms with Crippen LogP contribution in [-0.4, -0.2) is 34.0 Å². The van der Waals surface area contributed by atoms with E-state index in [-0.39, 0.29) is 17.5 Å². The van der Waals surface area contributed by atoms with Gasteiger partial charge in [-0.05, 0) is 57.0 Å². The van der Waals surface area contributed by atoms with E-state index in [1.54, 1.807) is 17.7 Å². The van der Waals surface area contributed by atoms with Crippen LogP contribution in [0.1, 0.15) is 63.9 Å². The van der Waals surface area contributed by atoms with Gasteiger partial charge in [0.15, 0.2) is 0 Å². The quantitative estimate of drug-likeness (QED) is 0.434. The van der Waals surface area contributed by atoms with Gasteiger partial charge < -0.3 is 9.64 Å². The Bertz CT molecular complexity index is 1150. The fourth-order valence-electron chi connectivity index (χ4n) is 4.11. The molecule has 0 saturated carbocycles. The Morgan fingerprint density at radius 2 is 1.91 bits per heavy atom. The van der Waals surface area contributed by atoms with Gasteiger partial charge in [0.1, 0.15) is 11.6 Å². The highest BCUT2D eigenvalue weighted by Crippen LogP contribution is 2.29. The molecule has 0 aliphatic carbocycles. The number of hydrogen-bond acceptors (Lipinski definition) is 4. The van der Waals surface area contributed by atoms with Gasteiger partial charge in [-0.15, -0.1) is 0 Å². The Morgan fingerprint density at radius 1 is 1.16 bits per heavy atom. The molecule has 0 radical (unpaired) electrons. The Kier molecular flexibility index (Phi) is 7.67. The number of methoxy groups -OCH3 is 1. The lowest BCUT2D eigenvalue weighted by Crippen LogP contribution is -2.37. The monoisotopic (exact) mass is 435 g/mol. The number of amides is 1. The zero-order valence-electron chi connectivity index (χ0n) is 19.7. The molecule has 3 aromatic rings. The first-order valence-corrected chi connectivity index (χ1v) is 11.4. The molecule has 6 heteroatoms. The van der Waals surface area contributed by atoms with E-state index in [2.05, 4.69) is 6.92 Å². The number of fused-ring (bicyclic) bond motifs is 1. The summed E-state index contributed by atoms with van der Waals surface area (Å²) in [5.74, 6) is 1.20. The maximum atomic E-state index is 13.7. The van der Waals surface area contributed by atoms with E-state index < -0.39 is 0 Å². The van der Waals surface area contributed by atoms with Gasteiger partial charge in [-0.3, -0.25) is 14.2 Å². The van der Waals surface area contributed by atoms with Crippen molar-refractivity contribution in [1.82, 2.24) is 14.5 Å². The standard InChI is InChI=1S/C26H33N3O3/c1-6-8-9-14-24(30)28(7-2)19(4)25-27-21-13-11-10-12-20(21)26(31)29(25)22-17-18(3)15-16-23(22)32-5/h10-13,15-17,19H,6-9,14H2,1-5H3. The summed E-state index contributed by atoms with van der Waals surface area (Å²) < 4.78 is 7.20. The number of para-hydroxylation sites is 1. The molecule has 170 valence electrons.